The number of rotatable bonds is 4. The largest absolute Gasteiger partial charge is 0.444 e. The summed E-state index contributed by atoms with van der Waals surface area (Å²) < 4.78 is 5.85. The Morgan fingerprint density at radius 1 is 1.39 bits per heavy atom. The van der Waals surface area contributed by atoms with Gasteiger partial charge in [-0.15, -0.1) is 0 Å². The Bertz CT molecular complexity index is 394. The van der Waals surface area contributed by atoms with Crippen molar-refractivity contribution < 1.29 is 9.21 Å². The van der Waals surface area contributed by atoms with Gasteiger partial charge in [-0.2, -0.15) is 0 Å². The van der Waals surface area contributed by atoms with E-state index >= 15 is 0 Å². The molecule has 1 saturated carbocycles. The van der Waals surface area contributed by atoms with Crippen LogP contribution in [0.15, 0.2) is 21.2 Å². The highest BCUT2D eigenvalue weighted by Gasteiger charge is 2.23. The van der Waals surface area contributed by atoms with Gasteiger partial charge >= 0.3 is 0 Å². The molecule has 0 bridgehead atoms. The highest BCUT2D eigenvalue weighted by atomic mass is 79.9. The number of carbonyl (C=O) groups excluding carboxylic acids is 1. The minimum Gasteiger partial charge on any atom is -0.444 e. The molecule has 1 N–H and O–H groups in total. The second kappa shape index (κ2) is 6.41. The van der Waals surface area contributed by atoms with Crippen molar-refractivity contribution in [2.75, 3.05) is 0 Å². The van der Waals surface area contributed by atoms with Gasteiger partial charge in [0.1, 0.15) is 0 Å². The normalized spacial score (nSPS) is 23.9. The van der Waals surface area contributed by atoms with Crippen LogP contribution in [0.3, 0.4) is 0 Å². The summed E-state index contributed by atoms with van der Waals surface area (Å²) in [6, 6.07) is 3.75. The predicted octanol–water partition coefficient (Wildman–Crippen LogP) is 4.13. The van der Waals surface area contributed by atoms with Gasteiger partial charge in [0.15, 0.2) is 10.4 Å². The molecule has 1 fully saturated rings. The van der Waals surface area contributed by atoms with E-state index in [-0.39, 0.29) is 5.91 Å². The first kappa shape index (κ1) is 13.7. The molecule has 1 aliphatic carbocycles. The minimum atomic E-state index is -0.0976. The van der Waals surface area contributed by atoms with Crippen LogP contribution in [-0.4, -0.2) is 11.9 Å². The highest BCUT2D eigenvalue weighted by Crippen LogP contribution is 2.28. The quantitative estimate of drug-likeness (QED) is 0.908. The number of hydrogen-bond donors (Lipinski definition) is 1. The van der Waals surface area contributed by atoms with Crippen LogP contribution < -0.4 is 5.32 Å². The van der Waals surface area contributed by atoms with Crippen LogP contribution in [0.25, 0.3) is 0 Å². The summed E-state index contributed by atoms with van der Waals surface area (Å²) in [6.07, 6.45) is 7.26. The Morgan fingerprint density at radius 2 is 2.11 bits per heavy atom. The van der Waals surface area contributed by atoms with Crippen molar-refractivity contribution in [1.82, 2.24) is 5.32 Å². The fraction of sp³-hybridized carbons (Fsp3) is 0.643. The predicted molar refractivity (Wildman–Crippen MR) is 74.5 cm³/mol. The van der Waals surface area contributed by atoms with E-state index in [1.807, 2.05) is 0 Å². The lowest BCUT2D eigenvalue weighted by atomic mass is 9.83. The first-order chi connectivity index (χ1) is 8.69. The van der Waals surface area contributed by atoms with Gasteiger partial charge in [0.25, 0.3) is 5.91 Å². The molecule has 0 aromatic carbocycles. The molecular formula is C14H20BrNO2. The van der Waals surface area contributed by atoms with Gasteiger partial charge < -0.3 is 9.73 Å². The zero-order valence-corrected chi connectivity index (χ0v) is 12.3. The molecule has 1 aliphatic rings. The van der Waals surface area contributed by atoms with Crippen LogP contribution in [-0.2, 0) is 0 Å². The molecule has 1 aromatic heterocycles. The standard InChI is InChI=1S/C14H20BrNO2/c1-2-3-10-4-6-11(7-5-10)16-14(17)12-8-9-13(15)18-12/h8-11H,2-7H2,1H3,(H,16,17). The maximum Gasteiger partial charge on any atom is 0.287 e. The van der Waals surface area contributed by atoms with Gasteiger partial charge in [0, 0.05) is 6.04 Å². The van der Waals surface area contributed by atoms with Crippen molar-refractivity contribution in [1.29, 1.82) is 0 Å². The van der Waals surface area contributed by atoms with Gasteiger partial charge in [-0.05, 0) is 59.7 Å². The number of amides is 1. The molecule has 1 heterocycles. The summed E-state index contributed by atoms with van der Waals surface area (Å²) in [6.45, 7) is 2.24. The van der Waals surface area contributed by atoms with Crippen LogP contribution in [0.1, 0.15) is 56.0 Å². The summed E-state index contributed by atoms with van der Waals surface area (Å²) in [5.74, 6) is 1.15. The topological polar surface area (TPSA) is 42.2 Å². The molecule has 3 nitrogen and oxygen atoms in total. The maximum atomic E-state index is 11.9. The van der Waals surface area contributed by atoms with Crippen molar-refractivity contribution in [3.05, 3.63) is 22.6 Å². The highest BCUT2D eigenvalue weighted by molar-refractivity contribution is 9.10. The lowest BCUT2D eigenvalue weighted by Gasteiger charge is -2.28. The zero-order chi connectivity index (χ0) is 13.0. The van der Waals surface area contributed by atoms with E-state index in [1.54, 1.807) is 12.1 Å². The van der Waals surface area contributed by atoms with E-state index in [0.29, 0.717) is 16.5 Å². The van der Waals surface area contributed by atoms with E-state index in [2.05, 4.69) is 28.2 Å². The molecular weight excluding hydrogens is 294 g/mol. The van der Waals surface area contributed by atoms with Gasteiger partial charge in [-0.3, -0.25) is 4.79 Å². The van der Waals surface area contributed by atoms with Crippen molar-refractivity contribution in [2.45, 2.75) is 51.5 Å². The molecule has 0 aliphatic heterocycles. The summed E-state index contributed by atoms with van der Waals surface area (Å²) in [5, 5.41) is 3.06. The fourth-order valence-corrected chi connectivity index (χ4v) is 3.00. The number of nitrogens with one attached hydrogen (secondary N) is 1. The van der Waals surface area contributed by atoms with Crippen molar-refractivity contribution in [2.24, 2.45) is 5.92 Å². The third-order valence-corrected chi connectivity index (χ3v) is 4.10. The molecule has 0 radical (unpaired) electrons. The maximum absolute atomic E-state index is 11.9. The van der Waals surface area contributed by atoms with Gasteiger partial charge in [0.2, 0.25) is 0 Å². The Labute approximate surface area is 116 Å². The molecule has 2 rings (SSSR count). The van der Waals surface area contributed by atoms with Gasteiger partial charge in [0.05, 0.1) is 0 Å². The third kappa shape index (κ3) is 3.61. The minimum absolute atomic E-state index is 0.0976. The lowest BCUT2D eigenvalue weighted by molar-refractivity contribution is 0.0891. The summed E-state index contributed by atoms with van der Waals surface area (Å²) in [7, 11) is 0. The third-order valence-electron chi connectivity index (χ3n) is 3.68. The van der Waals surface area contributed by atoms with Crippen LogP contribution in [0, 0.1) is 5.92 Å². The molecule has 1 amide bonds. The van der Waals surface area contributed by atoms with Gasteiger partial charge in [-0.25, -0.2) is 0 Å². The average Bonchev–Trinajstić information content (AvgIpc) is 2.79. The van der Waals surface area contributed by atoms with E-state index in [1.165, 1.54) is 25.7 Å². The van der Waals surface area contributed by atoms with Crippen LogP contribution in [0.4, 0.5) is 0 Å². The van der Waals surface area contributed by atoms with E-state index in [4.69, 9.17) is 4.42 Å². The number of carbonyl (C=O) groups is 1. The molecule has 0 spiro atoms. The van der Waals surface area contributed by atoms with Crippen LogP contribution in [0.2, 0.25) is 0 Å². The Kier molecular flexibility index (Phi) is 4.87. The SMILES string of the molecule is CCCC1CCC(NC(=O)c2ccc(Br)o2)CC1. The smallest absolute Gasteiger partial charge is 0.287 e. The average molecular weight is 314 g/mol. The second-order valence-corrected chi connectivity index (χ2v) is 5.87. The summed E-state index contributed by atoms with van der Waals surface area (Å²) >= 11 is 3.20. The van der Waals surface area contributed by atoms with Crippen molar-refractivity contribution >= 4 is 21.8 Å². The molecule has 0 unspecified atom stereocenters. The van der Waals surface area contributed by atoms with E-state index in [9.17, 15) is 4.79 Å². The first-order valence-corrected chi connectivity index (χ1v) is 7.54. The molecule has 1 aromatic rings. The fourth-order valence-electron chi connectivity index (χ4n) is 2.70. The molecule has 0 atom stereocenters. The number of halogens is 1. The van der Waals surface area contributed by atoms with Crippen molar-refractivity contribution in [3.63, 3.8) is 0 Å². The Morgan fingerprint density at radius 3 is 2.67 bits per heavy atom. The van der Waals surface area contributed by atoms with E-state index in [0.717, 1.165) is 18.8 Å². The summed E-state index contributed by atoms with van der Waals surface area (Å²) in [4.78, 5) is 11.9. The van der Waals surface area contributed by atoms with Gasteiger partial charge in [-0.1, -0.05) is 19.8 Å². The number of hydrogen-bond acceptors (Lipinski definition) is 2. The molecule has 0 saturated heterocycles. The van der Waals surface area contributed by atoms with Crippen LogP contribution >= 0.6 is 15.9 Å². The molecule has 4 heteroatoms. The van der Waals surface area contributed by atoms with Crippen molar-refractivity contribution in [3.8, 4) is 0 Å². The first-order valence-electron chi connectivity index (χ1n) is 6.75. The van der Waals surface area contributed by atoms with E-state index < -0.39 is 0 Å². The van der Waals surface area contributed by atoms with Crippen LogP contribution in [0.5, 0.6) is 0 Å². The Balaban J connectivity index is 1.79. The zero-order valence-electron chi connectivity index (χ0n) is 10.7. The number of furan rings is 1. The lowest BCUT2D eigenvalue weighted by Crippen LogP contribution is -2.37. The summed E-state index contributed by atoms with van der Waals surface area (Å²) in [5.41, 5.74) is 0. The second-order valence-electron chi connectivity index (χ2n) is 5.08. The molecule has 100 valence electrons. The Hall–Kier alpha value is -0.770. The monoisotopic (exact) mass is 313 g/mol. The molecule has 18 heavy (non-hydrogen) atoms.